The average Bonchev–Trinajstić information content (AvgIpc) is 3.28. The zero-order chi connectivity index (χ0) is 21.1. The van der Waals surface area contributed by atoms with Crippen LogP contribution in [-0.2, 0) is 4.79 Å². The smallest absolute Gasteiger partial charge is 0.293 e. The highest BCUT2D eigenvalue weighted by Gasteiger charge is 2.26. The van der Waals surface area contributed by atoms with E-state index in [1.165, 1.54) is 11.3 Å². The van der Waals surface area contributed by atoms with Gasteiger partial charge >= 0.3 is 0 Å². The molecule has 1 saturated carbocycles. The van der Waals surface area contributed by atoms with Gasteiger partial charge in [-0.15, -0.1) is 11.3 Å². The summed E-state index contributed by atoms with van der Waals surface area (Å²) in [5, 5.41) is 9.18. The number of aromatic nitrogens is 2. The van der Waals surface area contributed by atoms with Gasteiger partial charge < -0.3 is 15.5 Å². The predicted molar refractivity (Wildman–Crippen MR) is 120 cm³/mol. The van der Waals surface area contributed by atoms with Crippen molar-refractivity contribution in [2.45, 2.75) is 37.8 Å². The average molecular weight is 424 g/mol. The fourth-order valence-electron chi connectivity index (χ4n) is 3.80. The first-order valence-corrected chi connectivity index (χ1v) is 11.0. The van der Waals surface area contributed by atoms with Crippen LogP contribution < -0.4 is 15.5 Å². The largest absolute Gasteiger partial charge is 0.362 e. The number of hydrogen-bond acceptors (Lipinski definition) is 7. The Bertz CT molecular complexity index is 1040. The number of nitrogens with one attached hydrogen (secondary N) is 2. The molecule has 3 aromatic rings. The van der Waals surface area contributed by atoms with Gasteiger partial charge in [0.15, 0.2) is 0 Å². The van der Waals surface area contributed by atoms with Gasteiger partial charge in [-0.2, -0.15) is 4.98 Å². The first kappa shape index (κ1) is 20.3. The molecule has 1 amide bonds. The standard InChI is InChI=1S/C22H25N5O2S/c1-27(2)20-16-6-3-4-7-17(16)25-22(26-20)24-15-11-9-14(10-12-15)23-21(29)19(28)18-8-5-13-30-18/h3-8,13-15H,9-12H2,1-2H3,(H,23,29)(H,24,25,26). The van der Waals surface area contributed by atoms with Gasteiger partial charge in [0.25, 0.3) is 11.7 Å². The number of fused-ring (bicyclic) bond motifs is 1. The molecule has 0 atom stereocenters. The third-order valence-electron chi connectivity index (χ3n) is 5.35. The second kappa shape index (κ2) is 8.79. The van der Waals surface area contributed by atoms with Crippen LogP contribution in [-0.4, -0.2) is 47.8 Å². The Labute approximate surface area is 179 Å². The summed E-state index contributed by atoms with van der Waals surface area (Å²) in [6.45, 7) is 0. The fraction of sp³-hybridized carbons (Fsp3) is 0.364. The van der Waals surface area contributed by atoms with Crippen molar-refractivity contribution in [1.82, 2.24) is 15.3 Å². The summed E-state index contributed by atoms with van der Waals surface area (Å²) < 4.78 is 0. The molecule has 2 heterocycles. The molecule has 1 fully saturated rings. The maximum Gasteiger partial charge on any atom is 0.293 e. The number of thiophene rings is 1. The summed E-state index contributed by atoms with van der Waals surface area (Å²) in [4.78, 5) is 36.2. The summed E-state index contributed by atoms with van der Waals surface area (Å²) in [5.41, 5.74) is 0.909. The van der Waals surface area contributed by atoms with E-state index >= 15 is 0 Å². The molecule has 2 N–H and O–H groups in total. The van der Waals surface area contributed by atoms with E-state index in [0.717, 1.165) is 42.4 Å². The number of amides is 1. The number of ketones is 1. The SMILES string of the molecule is CN(C)c1nc(NC2CCC(NC(=O)C(=O)c3cccs3)CC2)nc2ccccc12. The number of benzene rings is 1. The number of hydrogen-bond donors (Lipinski definition) is 2. The van der Waals surface area contributed by atoms with Gasteiger partial charge in [0.05, 0.1) is 10.4 Å². The highest BCUT2D eigenvalue weighted by atomic mass is 32.1. The monoisotopic (exact) mass is 423 g/mol. The fourth-order valence-corrected chi connectivity index (χ4v) is 4.46. The normalized spacial score (nSPS) is 18.7. The van der Waals surface area contributed by atoms with E-state index in [1.54, 1.807) is 17.5 Å². The van der Waals surface area contributed by atoms with Gasteiger partial charge in [0.1, 0.15) is 5.82 Å². The van der Waals surface area contributed by atoms with Crippen LogP contribution >= 0.6 is 11.3 Å². The lowest BCUT2D eigenvalue weighted by Gasteiger charge is -2.29. The molecule has 0 radical (unpaired) electrons. The van der Waals surface area contributed by atoms with E-state index in [9.17, 15) is 9.59 Å². The quantitative estimate of drug-likeness (QED) is 0.466. The van der Waals surface area contributed by atoms with Crippen molar-refractivity contribution in [3.63, 3.8) is 0 Å². The molecule has 7 nitrogen and oxygen atoms in total. The maximum absolute atomic E-state index is 12.2. The molecule has 1 aliphatic rings. The molecule has 0 bridgehead atoms. The van der Waals surface area contributed by atoms with Crippen molar-refractivity contribution in [1.29, 1.82) is 0 Å². The molecule has 4 rings (SSSR count). The number of rotatable bonds is 6. The number of carbonyl (C=O) groups excluding carboxylic acids is 2. The molecule has 0 spiro atoms. The van der Waals surface area contributed by atoms with Gasteiger partial charge in [0.2, 0.25) is 5.95 Å². The Morgan fingerprint density at radius 1 is 1.00 bits per heavy atom. The molecule has 8 heteroatoms. The summed E-state index contributed by atoms with van der Waals surface area (Å²) >= 11 is 1.29. The second-order valence-electron chi connectivity index (χ2n) is 7.76. The number of carbonyl (C=O) groups is 2. The van der Waals surface area contributed by atoms with Crippen molar-refractivity contribution < 1.29 is 9.59 Å². The molecule has 1 aliphatic carbocycles. The lowest BCUT2D eigenvalue weighted by Crippen LogP contribution is -2.43. The van der Waals surface area contributed by atoms with Crippen LogP contribution in [0, 0.1) is 0 Å². The van der Waals surface area contributed by atoms with Gasteiger partial charge in [-0.05, 0) is 49.3 Å². The lowest BCUT2D eigenvalue weighted by molar-refractivity contribution is -0.117. The van der Waals surface area contributed by atoms with Crippen LogP contribution in [0.15, 0.2) is 41.8 Å². The van der Waals surface area contributed by atoms with Crippen molar-refractivity contribution in [3.05, 3.63) is 46.7 Å². The Morgan fingerprint density at radius 3 is 2.43 bits per heavy atom. The molecular formula is C22H25N5O2S. The molecule has 0 unspecified atom stereocenters. The molecule has 0 saturated heterocycles. The Hall–Kier alpha value is -3.00. The molecular weight excluding hydrogens is 398 g/mol. The number of para-hydroxylation sites is 1. The van der Waals surface area contributed by atoms with Crippen LogP contribution in [0.1, 0.15) is 35.4 Å². The lowest BCUT2D eigenvalue weighted by atomic mass is 9.91. The van der Waals surface area contributed by atoms with E-state index in [0.29, 0.717) is 10.8 Å². The van der Waals surface area contributed by atoms with Gasteiger partial charge in [-0.1, -0.05) is 18.2 Å². The van der Waals surface area contributed by atoms with Crippen LogP contribution in [0.3, 0.4) is 0 Å². The van der Waals surface area contributed by atoms with E-state index in [1.807, 2.05) is 43.3 Å². The summed E-state index contributed by atoms with van der Waals surface area (Å²) in [5.74, 6) is 0.544. The molecule has 2 aromatic heterocycles. The van der Waals surface area contributed by atoms with E-state index in [2.05, 4.69) is 15.6 Å². The second-order valence-corrected chi connectivity index (χ2v) is 8.70. The zero-order valence-corrected chi connectivity index (χ0v) is 17.9. The first-order chi connectivity index (χ1) is 14.5. The third-order valence-corrected chi connectivity index (χ3v) is 6.22. The van der Waals surface area contributed by atoms with Gasteiger partial charge in [-0.25, -0.2) is 4.98 Å². The van der Waals surface area contributed by atoms with Crippen molar-refractivity contribution >= 4 is 45.7 Å². The molecule has 0 aliphatic heterocycles. The highest BCUT2D eigenvalue weighted by Crippen LogP contribution is 2.26. The summed E-state index contributed by atoms with van der Waals surface area (Å²) in [7, 11) is 3.95. The summed E-state index contributed by atoms with van der Waals surface area (Å²) in [6, 6.07) is 11.7. The van der Waals surface area contributed by atoms with Crippen molar-refractivity contribution in [3.8, 4) is 0 Å². The number of Topliss-reactive ketones (excluding diaryl/α,β-unsaturated/α-hetero) is 1. The van der Waals surface area contributed by atoms with E-state index < -0.39 is 11.7 Å². The third kappa shape index (κ3) is 4.43. The van der Waals surface area contributed by atoms with Crippen molar-refractivity contribution in [2.24, 2.45) is 0 Å². The molecule has 156 valence electrons. The van der Waals surface area contributed by atoms with Crippen molar-refractivity contribution in [2.75, 3.05) is 24.3 Å². The predicted octanol–water partition coefficient (Wildman–Crippen LogP) is 3.48. The Balaban J connectivity index is 1.36. The minimum atomic E-state index is -0.512. The van der Waals surface area contributed by atoms with Crippen LogP contribution in [0.4, 0.5) is 11.8 Å². The van der Waals surface area contributed by atoms with Gasteiger partial charge in [-0.3, -0.25) is 9.59 Å². The van der Waals surface area contributed by atoms with Gasteiger partial charge in [0, 0.05) is 31.6 Å². The van der Waals surface area contributed by atoms with Crippen LogP contribution in [0.25, 0.3) is 10.9 Å². The Morgan fingerprint density at radius 2 is 1.73 bits per heavy atom. The first-order valence-electron chi connectivity index (χ1n) is 10.1. The topological polar surface area (TPSA) is 87.2 Å². The highest BCUT2D eigenvalue weighted by molar-refractivity contribution is 7.13. The summed E-state index contributed by atoms with van der Waals surface area (Å²) in [6.07, 6.45) is 3.39. The zero-order valence-electron chi connectivity index (χ0n) is 17.1. The minimum Gasteiger partial charge on any atom is -0.362 e. The minimum absolute atomic E-state index is 0.0225. The molecule has 1 aromatic carbocycles. The number of anilines is 2. The van der Waals surface area contributed by atoms with E-state index in [4.69, 9.17) is 4.98 Å². The van der Waals surface area contributed by atoms with Crippen LogP contribution in [0.5, 0.6) is 0 Å². The van der Waals surface area contributed by atoms with E-state index in [-0.39, 0.29) is 12.1 Å². The maximum atomic E-state index is 12.2. The molecule has 30 heavy (non-hydrogen) atoms. The van der Waals surface area contributed by atoms with Crippen LogP contribution in [0.2, 0.25) is 0 Å². The number of nitrogens with zero attached hydrogens (tertiary/aromatic N) is 3. The Kier molecular flexibility index (Phi) is 5.94.